The first-order valence-corrected chi connectivity index (χ1v) is 7.39. The van der Waals surface area contributed by atoms with E-state index < -0.39 is 11.8 Å². The molecule has 0 atom stereocenters. The molecular formula is C20H11O4-. The second-order valence-electron chi connectivity index (χ2n) is 5.65. The van der Waals surface area contributed by atoms with Crippen LogP contribution in [0.15, 0.2) is 54.6 Å². The highest BCUT2D eigenvalue weighted by molar-refractivity contribution is 6.38. The summed E-state index contributed by atoms with van der Waals surface area (Å²) in [4.78, 5) is 22.0. The van der Waals surface area contributed by atoms with Crippen LogP contribution < -0.4 is 5.11 Å². The molecule has 0 heterocycles. The maximum atomic E-state index is 12.4. The van der Waals surface area contributed by atoms with Crippen molar-refractivity contribution in [2.75, 3.05) is 0 Å². The molecule has 116 valence electrons. The summed E-state index contributed by atoms with van der Waals surface area (Å²) in [5.41, 5.74) is 0.329. The van der Waals surface area contributed by atoms with Gasteiger partial charge in [0.1, 0.15) is 0 Å². The van der Waals surface area contributed by atoms with Gasteiger partial charge in [0.2, 0.25) is 0 Å². The quantitative estimate of drug-likeness (QED) is 0.357. The lowest BCUT2D eigenvalue weighted by Crippen LogP contribution is -2.08. The van der Waals surface area contributed by atoms with Gasteiger partial charge < -0.3 is 10.2 Å². The Bertz CT molecular complexity index is 1140. The Morgan fingerprint density at radius 1 is 0.917 bits per heavy atom. The van der Waals surface area contributed by atoms with Crippen molar-refractivity contribution < 1.29 is 19.8 Å². The van der Waals surface area contributed by atoms with E-state index in [0.717, 1.165) is 38.4 Å². The summed E-state index contributed by atoms with van der Waals surface area (Å²) in [7, 11) is 0. The van der Waals surface area contributed by atoms with Crippen molar-refractivity contribution in [1.29, 1.82) is 0 Å². The SMILES string of the molecule is O=C(O)C(=O)/C=C/c1c([O-])cc2ccc3cccc4ccc1c2c34. The molecule has 1 N–H and O–H groups in total. The number of ketones is 1. The van der Waals surface area contributed by atoms with Gasteiger partial charge in [0.25, 0.3) is 5.78 Å². The van der Waals surface area contributed by atoms with Crippen LogP contribution in [0.1, 0.15) is 5.56 Å². The van der Waals surface area contributed by atoms with Gasteiger partial charge in [-0.15, -0.1) is 5.75 Å². The van der Waals surface area contributed by atoms with Crippen LogP contribution in [0, 0.1) is 0 Å². The Morgan fingerprint density at radius 3 is 2.29 bits per heavy atom. The van der Waals surface area contributed by atoms with Crippen molar-refractivity contribution in [3.63, 3.8) is 0 Å². The van der Waals surface area contributed by atoms with E-state index >= 15 is 0 Å². The largest absolute Gasteiger partial charge is 0.872 e. The lowest BCUT2D eigenvalue weighted by molar-refractivity contribution is -0.268. The van der Waals surface area contributed by atoms with Gasteiger partial charge in [-0.05, 0) is 44.0 Å². The van der Waals surface area contributed by atoms with E-state index in [1.165, 1.54) is 12.1 Å². The maximum Gasteiger partial charge on any atom is 0.376 e. The monoisotopic (exact) mass is 315 g/mol. The molecule has 0 saturated heterocycles. The molecule has 0 amide bonds. The van der Waals surface area contributed by atoms with Crippen LogP contribution >= 0.6 is 0 Å². The average molecular weight is 315 g/mol. The molecule has 4 aromatic rings. The van der Waals surface area contributed by atoms with Crippen LogP contribution in [0.25, 0.3) is 38.4 Å². The number of carboxylic acid groups (broad SMARTS) is 1. The highest BCUT2D eigenvalue weighted by Crippen LogP contribution is 2.38. The van der Waals surface area contributed by atoms with Crippen molar-refractivity contribution in [1.82, 2.24) is 0 Å². The first-order chi connectivity index (χ1) is 11.6. The minimum absolute atomic E-state index is 0.240. The van der Waals surface area contributed by atoms with E-state index in [0.29, 0.717) is 5.56 Å². The average Bonchev–Trinajstić information content (AvgIpc) is 2.58. The zero-order chi connectivity index (χ0) is 16.8. The Balaban J connectivity index is 2.09. The number of carbonyl (C=O) groups excluding carboxylic acids is 1. The van der Waals surface area contributed by atoms with E-state index in [9.17, 15) is 14.7 Å². The summed E-state index contributed by atoms with van der Waals surface area (Å²) < 4.78 is 0. The van der Waals surface area contributed by atoms with Gasteiger partial charge in [-0.1, -0.05) is 54.6 Å². The van der Waals surface area contributed by atoms with Crippen molar-refractivity contribution in [2.45, 2.75) is 0 Å². The summed E-state index contributed by atoms with van der Waals surface area (Å²) in [5.74, 6) is -2.84. The van der Waals surface area contributed by atoms with Crippen LogP contribution in [-0.4, -0.2) is 16.9 Å². The van der Waals surface area contributed by atoms with E-state index in [2.05, 4.69) is 0 Å². The maximum absolute atomic E-state index is 12.4. The highest BCUT2D eigenvalue weighted by Gasteiger charge is 2.11. The van der Waals surface area contributed by atoms with Crippen molar-refractivity contribution in [2.24, 2.45) is 0 Å². The molecule has 0 unspecified atom stereocenters. The van der Waals surface area contributed by atoms with Gasteiger partial charge >= 0.3 is 5.97 Å². The molecular weight excluding hydrogens is 304 g/mol. The predicted molar refractivity (Wildman–Crippen MR) is 91.3 cm³/mol. The Hall–Kier alpha value is -3.40. The fraction of sp³-hybridized carbons (Fsp3) is 0. The normalized spacial score (nSPS) is 11.8. The van der Waals surface area contributed by atoms with Gasteiger partial charge in [0.15, 0.2) is 0 Å². The second kappa shape index (κ2) is 5.06. The molecule has 24 heavy (non-hydrogen) atoms. The fourth-order valence-corrected chi connectivity index (χ4v) is 3.21. The third kappa shape index (κ3) is 2.01. The highest BCUT2D eigenvalue weighted by atomic mass is 16.4. The number of benzene rings is 4. The van der Waals surface area contributed by atoms with E-state index in [4.69, 9.17) is 5.11 Å². The number of aliphatic carboxylic acids is 1. The van der Waals surface area contributed by atoms with Gasteiger partial charge in [0, 0.05) is 0 Å². The van der Waals surface area contributed by atoms with Crippen molar-refractivity contribution >= 4 is 50.1 Å². The van der Waals surface area contributed by atoms with Gasteiger partial charge in [0.05, 0.1) is 0 Å². The van der Waals surface area contributed by atoms with Crippen molar-refractivity contribution in [3.8, 4) is 5.75 Å². The molecule has 0 radical (unpaired) electrons. The molecule has 0 aliphatic rings. The third-order valence-corrected chi connectivity index (χ3v) is 4.26. The minimum Gasteiger partial charge on any atom is -0.872 e. The van der Waals surface area contributed by atoms with Gasteiger partial charge in [-0.2, -0.15) is 0 Å². The van der Waals surface area contributed by atoms with Crippen LogP contribution in [-0.2, 0) is 9.59 Å². The molecule has 4 nitrogen and oxygen atoms in total. The molecule has 4 rings (SSSR count). The zero-order valence-corrected chi connectivity index (χ0v) is 12.4. The molecule has 4 aromatic carbocycles. The first-order valence-electron chi connectivity index (χ1n) is 7.39. The standard InChI is InChI=1S/C20H12O4/c21-16(20(23)24)9-8-14-15-7-6-12-3-1-2-11-4-5-13(10-17(14)22)19(15)18(11)12/h1-10,22H,(H,23,24)/p-1/b9-8+. The predicted octanol–water partition coefficient (Wildman–Crippen LogP) is 3.32. The smallest absolute Gasteiger partial charge is 0.376 e. The number of carboxylic acids is 1. The second-order valence-corrected chi connectivity index (χ2v) is 5.65. The van der Waals surface area contributed by atoms with Crippen molar-refractivity contribution in [3.05, 3.63) is 60.2 Å². The molecule has 0 saturated carbocycles. The molecule has 4 heteroatoms. The van der Waals surface area contributed by atoms with Crippen LogP contribution in [0.5, 0.6) is 5.75 Å². The molecule has 0 fully saturated rings. The summed E-state index contributed by atoms with van der Waals surface area (Å²) >= 11 is 0. The summed E-state index contributed by atoms with van der Waals surface area (Å²) in [6.07, 6.45) is 2.22. The van der Waals surface area contributed by atoms with Crippen LogP contribution in [0.2, 0.25) is 0 Å². The molecule has 0 spiro atoms. The number of hydrogen-bond donors (Lipinski definition) is 1. The number of carbonyl (C=O) groups is 2. The Kier molecular flexibility index (Phi) is 3.00. The minimum atomic E-state index is -1.54. The number of hydrogen-bond acceptors (Lipinski definition) is 3. The van der Waals surface area contributed by atoms with Gasteiger partial charge in [-0.25, -0.2) is 4.79 Å². The summed E-state index contributed by atoms with van der Waals surface area (Å²) in [5, 5.41) is 26.8. The zero-order valence-electron chi connectivity index (χ0n) is 12.4. The molecule has 0 bridgehead atoms. The first kappa shape index (κ1) is 14.2. The van der Waals surface area contributed by atoms with Crippen LogP contribution in [0.3, 0.4) is 0 Å². The molecule has 0 aromatic heterocycles. The van der Waals surface area contributed by atoms with E-state index in [1.54, 1.807) is 0 Å². The van der Waals surface area contributed by atoms with E-state index in [-0.39, 0.29) is 5.75 Å². The fourth-order valence-electron chi connectivity index (χ4n) is 3.21. The van der Waals surface area contributed by atoms with Crippen LogP contribution in [0.4, 0.5) is 0 Å². The topological polar surface area (TPSA) is 77.4 Å². The Labute approximate surface area is 136 Å². The number of rotatable bonds is 3. The lowest BCUT2D eigenvalue weighted by atomic mass is 9.91. The summed E-state index contributed by atoms with van der Waals surface area (Å²) in [6, 6.07) is 15.2. The summed E-state index contributed by atoms with van der Waals surface area (Å²) in [6.45, 7) is 0. The molecule has 0 aliphatic heterocycles. The third-order valence-electron chi connectivity index (χ3n) is 4.26. The molecule has 0 aliphatic carbocycles. The Morgan fingerprint density at radius 2 is 1.58 bits per heavy atom. The van der Waals surface area contributed by atoms with Gasteiger partial charge in [-0.3, -0.25) is 4.79 Å². The van der Waals surface area contributed by atoms with E-state index in [1.807, 2.05) is 42.5 Å². The lowest BCUT2D eigenvalue weighted by Gasteiger charge is -2.18.